The van der Waals surface area contributed by atoms with Gasteiger partial charge in [-0.1, -0.05) is 17.7 Å². The summed E-state index contributed by atoms with van der Waals surface area (Å²) in [5.41, 5.74) is 0.627. The van der Waals surface area contributed by atoms with E-state index in [0.717, 1.165) is 50.4 Å². The average molecular weight is 575 g/mol. The number of aromatic nitrogens is 1. The minimum Gasteiger partial charge on any atom is -0.497 e. The van der Waals surface area contributed by atoms with Crippen molar-refractivity contribution in [2.45, 2.75) is 49.6 Å². The van der Waals surface area contributed by atoms with Gasteiger partial charge in [0.05, 0.1) is 31.2 Å². The van der Waals surface area contributed by atoms with Crippen molar-refractivity contribution in [1.29, 1.82) is 0 Å². The second-order valence-electron chi connectivity index (χ2n) is 10.2. The van der Waals surface area contributed by atoms with Crippen molar-refractivity contribution in [2.75, 3.05) is 39.6 Å². The Kier molecular flexibility index (Phi) is 10.3. The van der Waals surface area contributed by atoms with Crippen LogP contribution in [-0.2, 0) is 4.79 Å². The molecule has 9 heteroatoms. The van der Waals surface area contributed by atoms with Crippen LogP contribution in [0.1, 0.15) is 50.3 Å². The Morgan fingerprint density at radius 2 is 1.92 bits per heavy atom. The largest absolute Gasteiger partial charge is 0.497 e. The van der Waals surface area contributed by atoms with Gasteiger partial charge in [0.25, 0.3) is 0 Å². The number of aliphatic carboxylic acids is 1. The Morgan fingerprint density at radius 1 is 1.18 bits per heavy atom. The van der Waals surface area contributed by atoms with Crippen molar-refractivity contribution in [3.63, 3.8) is 0 Å². The number of piperidine rings is 1. The van der Waals surface area contributed by atoms with Gasteiger partial charge in [0.2, 0.25) is 0 Å². The maximum absolute atomic E-state index is 15.8. The van der Waals surface area contributed by atoms with E-state index in [2.05, 4.69) is 16.0 Å². The zero-order valence-electron chi connectivity index (χ0n) is 22.5. The molecular formula is C30H36ClFN2O4S. The second-order valence-corrected chi connectivity index (χ2v) is 11.8. The maximum atomic E-state index is 15.8. The minimum atomic E-state index is -1.33. The number of fused-ring (bicyclic) bond motifs is 1. The van der Waals surface area contributed by atoms with Gasteiger partial charge in [-0.25, -0.2) is 4.39 Å². The Morgan fingerprint density at radius 3 is 2.64 bits per heavy atom. The Hall–Kier alpha value is -2.55. The minimum absolute atomic E-state index is 0.0535. The highest BCUT2D eigenvalue weighted by Gasteiger charge is 2.37. The molecule has 1 aliphatic heterocycles. The number of carboxylic acid groups (broad SMARTS) is 1. The fraction of sp³-hybridized carbons (Fsp3) is 0.467. The highest BCUT2D eigenvalue weighted by atomic mass is 35.5. The summed E-state index contributed by atoms with van der Waals surface area (Å²) in [4.78, 5) is 19.7. The number of likely N-dealkylation sites (tertiary alicyclic amines) is 1. The lowest BCUT2D eigenvalue weighted by Crippen LogP contribution is -2.41. The number of nitrogens with zero attached hydrogens (tertiary/aromatic N) is 2. The number of thioether (sulfide) groups is 1. The van der Waals surface area contributed by atoms with E-state index in [1.165, 1.54) is 11.1 Å². The molecule has 1 aromatic heterocycles. The van der Waals surface area contributed by atoms with Gasteiger partial charge in [-0.2, -0.15) is 0 Å². The third kappa shape index (κ3) is 7.77. The molecule has 2 aromatic carbocycles. The molecule has 1 atom stereocenters. The molecule has 0 amide bonds. The second kappa shape index (κ2) is 13.7. The van der Waals surface area contributed by atoms with Gasteiger partial charge in [-0.15, -0.1) is 11.8 Å². The lowest BCUT2D eigenvalue weighted by atomic mass is 9.71. The quantitative estimate of drug-likeness (QED) is 0.168. The molecule has 0 spiro atoms. The van der Waals surface area contributed by atoms with E-state index in [0.29, 0.717) is 28.6 Å². The molecule has 39 heavy (non-hydrogen) atoms. The topological polar surface area (TPSA) is 71.9 Å². The molecule has 210 valence electrons. The summed E-state index contributed by atoms with van der Waals surface area (Å²) in [5, 5.41) is 10.6. The Balaban J connectivity index is 1.33. The van der Waals surface area contributed by atoms with Gasteiger partial charge in [0.15, 0.2) is 0 Å². The summed E-state index contributed by atoms with van der Waals surface area (Å²) in [6.45, 7) is 2.61. The number of alkyl halides is 1. The normalized spacial score (nSPS) is 16.2. The van der Waals surface area contributed by atoms with Gasteiger partial charge >= 0.3 is 5.97 Å². The van der Waals surface area contributed by atoms with E-state index in [-0.39, 0.29) is 17.9 Å². The summed E-state index contributed by atoms with van der Waals surface area (Å²) in [7, 11) is 3.24. The number of halogens is 2. The lowest BCUT2D eigenvalue weighted by molar-refractivity contribution is -0.141. The van der Waals surface area contributed by atoms with Gasteiger partial charge in [0.1, 0.15) is 17.7 Å². The van der Waals surface area contributed by atoms with Gasteiger partial charge in [0, 0.05) is 22.0 Å². The summed E-state index contributed by atoms with van der Waals surface area (Å²) < 4.78 is 26.4. The number of hydrogen-bond donors (Lipinski definition) is 1. The molecule has 0 radical (unpaired) electrons. The third-order valence-electron chi connectivity index (χ3n) is 7.68. The van der Waals surface area contributed by atoms with Crippen LogP contribution in [0.3, 0.4) is 0 Å². The Bertz CT molecular complexity index is 1270. The first-order chi connectivity index (χ1) is 18.8. The average Bonchev–Trinajstić information content (AvgIpc) is 2.94. The molecule has 0 saturated carbocycles. The summed E-state index contributed by atoms with van der Waals surface area (Å²) in [5.74, 6) is 1.64. The zero-order valence-corrected chi connectivity index (χ0v) is 24.1. The SMILES string of the molecule is COc1cccc(SCCCN2CCC(CCC(F)c3c(Cl)cnc4ccc(OC)cc34)(CC(=O)O)CC2)c1. The van der Waals surface area contributed by atoms with Crippen LogP contribution in [0.2, 0.25) is 5.02 Å². The van der Waals surface area contributed by atoms with Crippen LogP contribution in [0.4, 0.5) is 4.39 Å². The number of methoxy groups -OCH3 is 2. The molecule has 2 heterocycles. The van der Waals surface area contributed by atoms with Crippen molar-refractivity contribution in [2.24, 2.45) is 5.41 Å². The molecule has 1 saturated heterocycles. The van der Waals surface area contributed by atoms with Crippen molar-refractivity contribution in [3.05, 3.63) is 59.2 Å². The number of pyridine rings is 1. The fourth-order valence-electron chi connectivity index (χ4n) is 5.45. The Labute approximate surface area is 238 Å². The van der Waals surface area contributed by atoms with Crippen molar-refractivity contribution in [3.8, 4) is 11.5 Å². The van der Waals surface area contributed by atoms with Crippen LogP contribution in [0, 0.1) is 5.41 Å². The molecule has 1 fully saturated rings. The van der Waals surface area contributed by atoms with Crippen LogP contribution >= 0.6 is 23.4 Å². The standard InChI is InChI=1S/C30H36ClFN2O4S/c1-37-21-5-3-6-23(17-21)39-16-4-13-34-14-11-30(12-15-34,19-28(35)36)10-9-26(32)29-24-18-22(38-2)7-8-27(24)33-20-25(29)31/h3,5-8,17-18,20,26H,4,9-16,19H2,1-2H3,(H,35,36). The van der Waals surface area contributed by atoms with Crippen molar-refractivity contribution >= 4 is 40.2 Å². The number of carboxylic acids is 1. The zero-order chi connectivity index (χ0) is 27.8. The van der Waals surface area contributed by atoms with Crippen LogP contribution in [0.5, 0.6) is 11.5 Å². The smallest absolute Gasteiger partial charge is 0.303 e. The predicted octanol–water partition coefficient (Wildman–Crippen LogP) is 7.44. The number of hydrogen-bond acceptors (Lipinski definition) is 6. The molecule has 0 bridgehead atoms. The van der Waals surface area contributed by atoms with E-state index < -0.39 is 17.6 Å². The number of carbonyl (C=O) groups is 1. The first kappa shape index (κ1) is 29.4. The molecule has 1 aliphatic rings. The molecule has 6 nitrogen and oxygen atoms in total. The van der Waals surface area contributed by atoms with E-state index in [4.69, 9.17) is 21.1 Å². The number of ether oxygens (including phenoxy) is 2. The molecule has 1 unspecified atom stereocenters. The van der Waals surface area contributed by atoms with Gasteiger partial charge in [-0.3, -0.25) is 9.78 Å². The molecule has 3 aromatic rings. The fourth-order valence-corrected chi connectivity index (χ4v) is 6.60. The molecular weight excluding hydrogens is 539 g/mol. The maximum Gasteiger partial charge on any atom is 0.303 e. The van der Waals surface area contributed by atoms with Gasteiger partial charge < -0.3 is 19.5 Å². The number of benzene rings is 2. The van der Waals surface area contributed by atoms with E-state index in [1.807, 2.05) is 30.0 Å². The van der Waals surface area contributed by atoms with E-state index >= 15 is 4.39 Å². The summed E-state index contributed by atoms with van der Waals surface area (Å²) >= 11 is 8.23. The first-order valence-electron chi connectivity index (χ1n) is 13.3. The van der Waals surface area contributed by atoms with Crippen LogP contribution in [-0.4, -0.2) is 60.6 Å². The molecule has 4 rings (SSSR count). The van der Waals surface area contributed by atoms with Crippen LogP contribution in [0.25, 0.3) is 10.9 Å². The molecule has 0 aliphatic carbocycles. The van der Waals surface area contributed by atoms with Crippen LogP contribution < -0.4 is 9.47 Å². The van der Waals surface area contributed by atoms with Crippen LogP contribution in [0.15, 0.2) is 53.6 Å². The van der Waals surface area contributed by atoms with Gasteiger partial charge in [-0.05, 0) is 99.3 Å². The van der Waals surface area contributed by atoms with E-state index in [1.54, 1.807) is 32.4 Å². The van der Waals surface area contributed by atoms with E-state index in [9.17, 15) is 9.90 Å². The monoisotopic (exact) mass is 574 g/mol. The highest BCUT2D eigenvalue weighted by Crippen LogP contribution is 2.44. The predicted molar refractivity (Wildman–Crippen MR) is 155 cm³/mol. The van der Waals surface area contributed by atoms with Crippen molar-refractivity contribution < 1.29 is 23.8 Å². The third-order valence-corrected chi connectivity index (χ3v) is 9.06. The van der Waals surface area contributed by atoms with Crippen molar-refractivity contribution in [1.82, 2.24) is 9.88 Å². The highest BCUT2D eigenvalue weighted by molar-refractivity contribution is 7.99. The summed E-state index contributed by atoms with van der Waals surface area (Å²) in [6, 6.07) is 13.4. The first-order valence-corrected chi connectivity index (χ1v) is 14.7. The summed E-state index contributed by atoms with van der Waals surface area (Å²) in [6.07, 6.45) is 3.44. The number of rotatable bonds is 13. The molecule has 1 N–H and O–H groups in total. The lowest BCUT2D eigenvalue weighted by Gasteiger charge is -2.41.